The van der Waals surface area contributed by atoms with Gasteiger partial charge in [0.25, 0.3) is 0 Å². The number of hydrogen-bond acceptors (Lipinski definition) is 1. The maximum Gasteiger partial charge on any atom is 0.129 e. The number of aliphatic hydroxyl groups is 1. The molecule has 2 aromatic carbocycles. The van der Waals surface area contributed by atoms with Crippen LogP contribution in [0.2, 0.25) is 5.02 Å². The summed E-state index contributed by atoms with van der Waals surface area (Å²) in [6.45, 7) is 3.39. The van der Waals surface area contributed by atoms with Crippen LogP contribution in [0.1, 0.15) is 28.4 Å². The predicted octanol–water partition coefficient (Wildman–Crippen LogP) is 4.78. The first-order valence-corrected chi connectivity index (χ1v) is 7.25. The maximum absolute atomic E-state index is 13.6. The van der Waals surface area contributed by atoms with E-state index >= 15 is 0 Å². The van der Waals surface area contributed by atoms with Gasteiger partial charge in [-0.05, 0) is 76.9 Å². The molecule has 1 unspecified atom stereocenters. The summed E-state index contributed by atoms with van der Waals surface area (Å²) in [5.41, 5.74) is 2.48. The summed E-state index contributed by atoms with van der Waals surface area (Å²) >= 11 is 8.11. The van der Waals surface area contributed by atoms with E-state index in [1.165, 1.54) is 0 Å². The molecule has 0 aromatic heterocycles. The lowest BCUT2D eigenvalue weighted by Crippen LogP contribution is -2.04. The van der Waals surface area contributed by atoms with Gasteiger partial charge in [0.15, 0.2) is 0 Å². The summed E-state index contributed by atoms with van der Waals surface area (Å²) in [6.07, 6.45) is -0.802. The van der Waals surface area contributed by atoms with Gasteiger partial charge < -0.3 is 5.11 Å². The molecule has 0 radical (unpaired) electrons. The van der Waals surface area contributed by atoms with Crippen LogP contribution in [0.3, 0.4) is 0 Å². The highest BCUT2D eigenvalue weighted by atomic mass is 127. The minimum Gasteiger partial charge on any atom is -0.384 e. The molecule has 19 heavy (non-hydrogen) atoms. The first kappa shape index (κ1) is 14.8. The molecule has 0 aliphatic carbocycles. The van der Waals surface area contributed by atoms with Crippen molar-refractivity contribution in [1.82, 2.24) is 0 Å². The summed E-state index contributed by atoms with van der Waals surface area (Å²) in [6, 6.07) is 8.71. The summed E-state index contributed by atoms with van der Waals surface area (Å²) in [5, 5.41) is 11.0. The molecule has 0 bridgehead atoms. The highest BCUT2D eigenvalue weighted by molar-refractivity contribution is 14.1. The van der Waals surface area contributed by atoms with E-state index in [9.17, 15) is 9.50 Å². The van der Waals surface area contributed by atoms with Crippen LogP contribution in [0.15, 0.2) is 30.3 Å². The fourth-order valence-electron chi connectivity index (χ4n) is 2.04. The van der Waals surface area contributed by atoms with E-state index in [4.69, 9.17) is 11.6 Å². The van der Waals surface area contributed by atoms with E-state index < -0.39 is 6.10 Å². The van der Waals surface area contributed by atoms with Crippen molar-refractivity contribution in [3.63, 3.8) is 0 Å². The van der Waals surface area contributed by atoms with Crippen LogP contribution in [0.4, 0.5) is 4.39 Å². The summed E-state index contributed by atoms with van der Waals surface area (Å²) in [4.78, 5) is 0. The molecule has 0 fully saturated rings. The van der Waals surface area contributed by atoms with Crippen LogP contribution in [0, 0.1) is 23.2 Å². The highest BCUT2D eigenvalue weighted by Gasteiger charge is 2.16. The molecule has 0 saturated carbocycles. The third-order valence-corrected chi connectivity index (χ3v) is 4.24. The van der Waals surface area contributed by atoms with E-state index in [1.807, 2.05) is 6.07 Å². The van der Waals surface area contributed by atoms with E-state index in [2.05, 4.69) is 22.6 Å². The van der Waals surface area contributed by atoms with Gasteiger partial charge in [-0.15, -0.1) is 0 Å². The fourth-order valence-corrected chi connectivity index (χ4v) is 2.85. The van der Waals surface area contributed by atoms with E-state index in [0.29, 0.717) is 21.7 Å². The standard InChI is InChI=1S/C15H13ClFIO/c1-8-5-10(6-9(2)14(8)17)15(19)12-7-11(16)3-4-13(12)18/h3-7,15,19H,1-2H3. The molecule has 0 amide bonds. The minimum atomic E-state index is -0.802. The zero-order chi connectivity index (χ0) is 14.2. The highest BCUT2D eigenvalue weighted by Crippen LogP contribution is 2.30. The van der Waals surface area contributed by atoms with E-state index in [-0.39, 0.29) is 5.82 Å². The number of rotatable bonds is 2. The molecule has 2 aromatic rings. The number of aliphatic hydroxyl groups excluding tert-OH is 1. The van der Waals surface area contributed by atoms with Crippen LogP contribution in [-0.2, 0) is 0 Å². The minimum absolute atomic E-state index is 0.225. The number of halogens is 3. The third kappa shape index (κ3) is 3.09. The second kappa shape index (κ2) is 5.77. The van der Waals surface area contributed by atoms with Gasteiger partial charge in [-0.2, -0.15) is 0 Å². The topological polar surface area (TPSA) is 20.2 Å². The molecule has 0 aliphatic heterocycles. The molecule has 1 nitrogen and oxygen atoms in total. The summed E-state index contributed by atoms with van der Waals surface area (Å²) < 4.78 is 14.5. The molecular weight excluding hydrogens is 378 g/mol. The number of hydrogen-bond donors (Lipinski definition) is 1. The average molecular weight is 391 g/mol. The quantitative estimate of drug-likeness (QED) is 0.732. The Balaban J connectivity index is 2.49. The van der Waals surface area contributed by atoms with Gasteiger partial charge in [-0.25, -0.2) is 4.39 Å². The molecule has 0 aliphatic rings. The normalized spacial score (nSPS) is 12.5. The molecule has 1 N–H and O–H groups in total. The van der Waals surface area contributed by atoms with Gasteiger partial charge in [-0.1, -0.05) is 23.7 Å². The summed E-state index contributed by atoms with van der Waals surface area (Å²) in [5.74, 6) is -0.225. The van der Waals surface area contributed by atoms with Crippen LogP contribution < -0.4 is 0 Å². The Morgan fingerprint density at radius 3 is 2.32 bits per heavy atom. The first-order chi connectivity index (χ1) is 8.90. The zero-order valence-corrected chi connectivity index (χ0v) is 13.5. The molecule has 1 atom stereocenters. The van der Waals surface area contributed by atoms with Crippen molar-refractivity contribution in [2.45, 2.75) is 20.0 Å². The van der Waals surface area contributed by atoms with Gasteiger partial charge in [0.2, 0.25) is 0 Å². The Bertz CT molecular complexity index is 605. The van der Waals surface area contributed by atoms with Crippen molar-refractivity contribution < 1.29 is 9.50 Å². The molecule has 0 heterocycles. The van der Waals surface area contributed by atoms with Gasteiger partial charge in [0.05, 0.1) is 0 Å². The van der Waals surface area contributed by atoms with E-state index in [1.54, 1.807) is 38.1 Å². The predicted molar refractivity (Wildman–Crippen MR) is 84.1 cm³/mol. The van der Waals surface area contributed by atoms with Crippen molar-refractivity contribution in [3.05, 3.63) is 67.0 Å². The van der Waals surface area contributed by atoms with Crippen LogP contribution in [-0.4, -0.2) is 5.11 Å². The lowest BCUT2D eigenvalue weighted by molar-refractivity contribution is 0.219. The monoisotopic (exact) mass is 390 g/mol. The fraction of sp³-hybridized carbons (Fsp3) is 0.200. The third-order valence-electron chi connectivity index (χ3n) is 3.03. The van der Waals surface area contributed by atoms with Crippen LogP contribution >= 0.6 is 34.2 Å². The van der Waals surface area contributed by atoms with Gasteiger partial charge in [0, 0.05) is 8.59 Å². The van der Waals surface area contributed by atoms with Crippen molar-refractivity contribution >= 4 is 34.2 Å². The Hall–Kier alpha value is -0.650. The van der Waals surface area contributed by atoms with Crippen molar-refractivity contribution in [1.29, 1.82) is 0 Å². The van der Waals surface area contributed by atoms with E-state index in [0.717, 1.165) is 9.13 Å². The van der Waals surface area contributed by atoms with Gasteiger partial charge >= 0.3 is 0 Å². The molecular formula is C15H13ClFIO. The second-order valence-electron chi connectivity index (χ2n) is 4.54. The lowest BCUT2D eigenvalue weighted by atomic mass is 9.97. The second-order valence-corrected chi connectivity index (χ2v) is 6.14. The number of benzene rings is 2. The Labute approximate surface area is 130 Å². The molecule has 0 saturated heterocycles. The van der Waals surface area contributed by atoms with Crippen LogP contribution in [0.5, 0.6) is 0 Å². The maximum atomic E-state index is 13.6. The largest absolute Gasteiger partial charge is 0.384 e. The lowest BCUT2D eigenvalue weighted by Gasteiger charge is -2.16. The Morgan fingerprint density at radius 2 is 1.74 bits per heavy atom. The Morgan fingerprint density at radius 1 is 1.16 bits per heavy atom. The SMILES string of the molecule is Cc1cc(C(O)c2cc(Cl)ccc2I)cc(C)c1F. The smallest absolute Gasteiger partial charge is 0.129 e. The van der Waals surface area contributed by atoms with Gasteiger partial charge in [0.1, 0.15) is 11.9 Å². The Kier molecular flexibility index (Phi) is 4.48. The molecule has 2 rings (SSSR count). The summed E-state index contributed by atoms with van der Waals surface area (Å²) in [7, 11) is 0. The molecule has 4 heteroatoms. The first-order valence-electron chi connectivity index (χ1n) is 5.80. The van der Waals surface area contributed by atoms with Crippen LogP contribution in [0.25, 0.3) is 0 Å². The zero-order valence-electron chi connectivity index (χ0n) is 10.5. The van der Waals surface area contributed by atoms with Gasteiger partial charge in [-0.3, -0.25) is 0 Å². The van der Waals surface area contributed by atoms with Crippen molar-refractivity contribution in [2.75, 3.05) is 0 Å². The molecule has 100 valence electrons. The van der Waals surface area contributed by atoms with Crippen molar-refractivity contribution in [2.24, 2.45) is 0 Å². The average Bonchev–Trinajstić information content (AvgIpc) is 2.37. The van der Waals surface area contributed by atoms with Crippen molar-refractivity contribution in [3.8, 4) is 0 Å². The molecule has 0 spiro atoms. The number of aryl methyl sites for hydroxylation is 2.